The van der Waals surface area contributed by atoms with Gasteiger partial charge < -0.3 is 19.3 Å². The summed E-state index contributed by atoms with van der Waals surface area (Å²) < 4.78 is 16.3. The second kappa shape index (κ2) is 9.00. The van der Waals surface area contributed by atoms with Gasteiger partial charge in [0, 0.05) is 17.3 Å². The first-order valence-electron chi connectivity index (χ1n) is 12.1. The standard InChI is InChI=1S/C30H29NO6/c1-17-14-19(8-12-22(17)35-5)27(32)25-26(18-6-9-20(10-7-18)30(2,3)4)31(29(34)28(25)33)21-11-13-23-24(15-21)37-16-36-23/h6-15,26,32H,16H2,1-5H3/b27-25+. The summed E-state index contributed by atoms with van der Waals surface area (Å²) in [6, 6.07) is 17.2. The van der Waals surface area contributed by atoms with Gasteiger partial charge >= 0.3 is 0 Å². The third kappa shape index (κ3) is 4.20. The molecule has 7 nitrogen and oxygen atoms in total. The zero-order valence-electron chi connectivity index (χ0n) is 21.5. The quantitative estimate of drug-likeness (QED) is 0.283. The van der Waals surface area contributed by atoms with Crippen molar-refractivity contribution in [2.24, 2.45) is 0 Å². The van der Waals surface area contributed by atoms with Crippen LogP contribution in [0.1, 0.15) is 49.1 Å². The number of aliphatic hydroxyl groups excluding tert-OH is 1. The maximum absolute atomic E-state index is 13.5. The minimum atomic E-state index is -0.836. The minimum absolute atomic E-state index is 0.0238. The highest BCUT2D eigenvalue weighted by Crippen LogP contribution is 2.45. The van der Waals surface area contributed by atoms with Gasteiger partial charge in [0.25, 0.3) is 11.7 Å². The van der Waals surface area contributed by atoms with Crippen LogP contribution in [0.25, 0.3) is 5.76 Å². The molecule has 0 bridgehead atoms. The molecule has 1 atom stereocenters. The molecule has 5 rings (SSSR count). The summed E-state index contributed by atoms with van der Waals surface area (Å²) in [6.07, 6.45) is 0. The fourth-order valence-electron chi connectivity index (χ4n) is 4.80. The van der Waals surface area contributed by atoms with Gasteiger partial charge in [0.1, 0.15) is 11.5 Å². The highest BCUT2D eigenvalue weighted by Gasteiger charge is 2.47. The Morgan fingerprint density at radius 3 is 2.32 bits per heavy atom. The van der Waals surface area contributed by atoms with Crippen molar-refractivity contribution in [3.05, 3.63) is 88.5 Å². The Balaban J connectivity index is 1.69. The van der Waals surface area contributed by atoms with Crippen LogP contribution in [-0.4, -0.2) is 30.7 Å². The van der Waals surface area contributed by atoms with E-state index in [0.29, 0.717) is 34.1 Å². The third-order valence-electron chi connectivity index (χ3n) is 6.84. The number of anilines is 1. The normalized spacial score (nSPS) is 18.4. The topological polar surface area (TPSA) is 85.3 Å². The summed E-state index contributed by atoms with van der Waals surface area (Å²) >= 11 is 0. The number of nitrogens with zero attached hydrogens (tertiary/aromatic N) is 1. The highest BCUT2D eigenvalue weighted by molar-refractivity contribution is 6.51. The predicted octanol–water partition coefficient (Wildman–Crippen LogP) is 5.66. The predicted molar refractivity (Wildman–Crippen MR) is 140 cm³/mol. The maximum Gasteiger partial charge on any atom is 0.300 e. The van der Waals surface area contributed by atoms with Gasteiger partial charge in [-0.3, -0.25) is 14.5 Å². The lowest BCUT2D eigenvalue weighted by Crippen LogP contribution is -2.29. The van der Waals surface area contributed by atoms with Crippen molar-refractivity contribution in [2.75, 3.05) is 18.8 Å². The van der Waals surface area contributed by atoms with Gasteiger partial charge in [0.05, 0.1) is 18.7 Å². The molecule has 1 amide bonds. The summed E-state index contributed by atoms with van der Waals surface area (Å²) in [5.41, 5.74) is 3.47. The Morgan fingerprint density at radius 2 is 1.68 bits per heavy atom. The molecule has 190 valence electrons. The van der Waals surface area contributed by atoms with E-state index < -0.39 is 17.7 Å². The van der Waals surface area contributed by atoms with E-state index in [-0.39, 0.29) is 23.5 Å². The zero-order valence-corrected chi connectivity index (χ0v) is 21.5. The SMILES string of the molecule is COc1ccc(/C(O)=C2\C(=O)C(=O)N(c3ccc4c(c3)OCO4)C2c2ccc(C(C)(C)C)cc2)cc1C. The summed E-state index contributed by atoms with van der Waals surface area (Å²) in [6.45, 7) is 8.29. The van der Waals surface area contributed by atoms with Crippen molar-refractivity contribution in [3.63, 3.8) is 0 Å². The number of benzene rings is 3. The molecule has 37 heavy (non-hydrogen) atoms. The Kier molecular flexibility index (Phi) is 5.94. The van der Waals surface area contributed by atoms with Gasteiger partial charge in [-0.05, 0) is 59.4 Å². The highest BCUT2D eigenvalue weighted by atomic mass is 16.7. The molecule has 1 saturated heterocycles. The van der Waals surface area contributed by atoms with Crippen LogP contribution in [0.3, 0.4) is 0 Å². The fraction of sp³-hybridized carbons (Fsp3) is 0.267. The van der Waals surface area contributed by atoms with Crippen LogP contribution in [0.5, 0.6) is 17.2 Å². The van der Waals surface area contributed by atoms with Crippen LogP contribution < -0.4 is 19.1 Å². The second-order valence-corrected chi connectivity index (χ2v) is 10.3. The molecule has 0 aromatic heterocycles. The largest absolute Gasteiger partial charge is 0.507 e. The van der Waals surface area contributed by atoms with E-state index in [9.17, 15) is 14.7 Å². The summed E-state index contributed by atoms with van der Waals surface area (Å²) in [5, 5.41) is 11.4. The van der Waals surface area contributed by atoms with E-state index in [2.05, 4.69) is 20.8 Å². The van der Waals surface area contributed by atoms with Crippen molar-refractivity contribution in [3.8, 4) is 17.2 Å². The minimum Gasteiger partial charge on any atom is -0.507 e. The number of rotatable bonds is 4. The van der Waals surface area contributed by atoms with Gasteiger partial charge in [0.15, 0.2) is 11.5 Å². The maximum atomic E-state index is 13.5. The first-order chi connectivity index (χ1) is 17.6. The Morgan fingerprint density at radius 1 is 0.973 bits per heavy atom. The molecule has 1 unspecified atom stereocenters. The van der Waals surface area contributed by atoms with Crippen LogP contribution in [0.15, 0.2) is 66.2 Å². The molecule has 3 aromatic carbocycles. The number of methoxy groups -OCH3 is 1. The molecule has 1 fully saturated rings. The average molecular weight is 500 g/mol. The number of aryl methyl sites for hydroxylation is 1. The number of Topliss-reactive ketones (excluding diaryl/α,β-unsaturated/α-hetero) is 1. The summed E-state index contributed by atoms with van der Waals surface area (Å²) in [7, 11) is 1.57. The Labute approximate surface area is 215 Å². The van der Waals surface area contributed by atoms with E-state index >= 15 is 0 Å². The lowest BCUT2D eigenvalue weighted by molar-refractivity contribution is -0.132. The number of aliphatic hydroxyl groups is 1. The van der Waals surface area contributed by atoms with E-state index in [1.807, 2.05) is 31.2 Å². The average Bonchev–Trinajstić information content (AvgIpc) is 3.45. The first kappa shape index (κ1) is 24.4. The van der Waals surface area contributed by atoms with Gasteiger partial charge in [-0.1, -0.05) is 45.0 Å². The molecular formula is C30H29NO6. The van der Waals surface area contributed by atoms with Crippen molar-refractivity contribution in [1.29, 1.82) is 0 Å². The lowest BCUT2D eigenvalue weighted by Gasteiger charge is -2.27. The molecular weight excluding hydrogens is 470 g/mol. The number of ether oxygens (including phenoxy) is 3. The lowest BCUT2D eigenvalue weighted by atomic mass is 9.85. The van der Waals surface area contributed by atoms with Crippen LogP contribution in [0.4, 0.5) is 5.69 Å². The van der Waals surface area contributed by atoms with E-state index in [1.165, 1.54) is 4.90 Å². The Hall–Kier alpha value is -4.26. The molecule has 3 aromatic rings. The summed E-state index contributed by atoms with van der Waals surface area (Å²) in [5.74, 6) is 0.000131. The smallest absolute Gasteiger partial charge is 0.300 e. The monoisotopic (exact) mass is 499 g/mol. The Bertz CT molecular complexity index is 1430. The molecule has 0 radical (unpaired) electrons. The number of carbonyl (C=O) groups excluding carboxylic acids is 2. The summed E-state index contributed by atoms with van der Waals surface area (Å²) in [4.78, 5) is 28.3. The zero-order chi connectivity index (χ0) is 26.5. The number of carbonyl (C=O) groups is 2. The molecule has 0 spiro atoms. The number of hydrogen-bond donors (Lipinski definition) is 1. The van der Waals surface area contributed by atoms with E-state index in [4.69, 9.17) is 14.2 Å². The molecule has 0 saturated carbocycles. The van der Waals surface area contributed by atoms with Gasteiger partial charge in [-0.2, -0.15) is 0 Å². The van der Waals surface area contributed by atoms with Crippen molar-refractivity contribution < 1.29 is 28.9 Å². The van der Waals surface area contributed by atoms with Crippen LogP contribution in [0.2, 0.25) is 0 Å². The van der Waals surface area contributed by atoms with Crippen molar-refractivity contribution >= 4 is 23.1 Å². The van der Waals surface area contributed by atoms with Crippen LogP contribution >= 0.6 is 0 Å². The number of hydrogen-bond acceptors (Lipinski definition) is 6. The second-order valence-electron chi connectivity index (χ2n) is 10.3. The first-order valence-corrected chi connectivity index (χ1v) is 12.1. The molecule has 2 aliphatic heterocycles. The molecule has 1 N–H and O–H groups in total. The number of amides is 1. The fourth-order valence-corrected chi connectivity index (χ4v) is 4.80. The number of ketones is 1. The van der Waals surface area contributed by atoms with Crippen molar-refractivity contribution in [1.82, 2.24) is 0 Å². The van der Waals surface area contributed by atoms with Gasteiger partial charge in [-0.15, -0.1) is 0 Å². The molecule has 0 aliphatic carbocycles. The van der Waals surface area contributed by atoms with E-state index in [0.717, 1.165) is 11.1 Å². The third-order valence-corrected chi connectivity index (χ3v) is 6.84. The van der Waals surface area contributed by atoms with Crippen LogP contribution in [0, 0.1) is 6.92 Å². The van der Waals surface area contributed by atoms with Gasteiger partial charge in [-0.25, -0.2) is 0 Å². The van der Waals surface area contributed by atoms with Crippen molar-refractivity contribution in [2.45, 2.75) is 39.2 Å². The van der Waals surface area contributed by atoms with E-state index in [1.54, 1.807) is 43.5 Å². The molecule has 2 heterocycles. The number of fused-ring (bicyclic) bond motifs is 1. The molecule has 7 heteroatoms. The molecule has 2 aliphatic rings. The van der Waals surface area contributed by atoms with Crippen LogP contribution in [-0.2, 0) is 15.0 Å². The van der Waals surface area contributed by atoms with Gasteiger partial charge in [0.2, 0.25) is 6.79 Å².